The number of rotatable bonds is 3. The molecule has 0 aromatic heterocycles. The average Bonchev–Trinajstić information content (AvgIpc) is 2.76. The van der Waals surface area contributed by atoms with Crippen molar-refractivity contribution in [3.05, 3.63) is 42.5 Å². The van der Waals surface area contributed by atoms with E-state index in [-0.39, 0.29) is 18.1 Å². The second-order valence-electron chi connectivity index (χ2n) is 7.23. The highest BCUT2D eigenvalue weighted by Crippen LogP contribution is 2.36. The van der Waals surface area contributed by atoms with Crippen molar-refractivity contribution in [2.45, 2.75) is 32.4 Å². The predicted molar refractivity (Wildman–Crippen MR) is 105 cm³/mol. The predicted octanol–water partition coefficient (Wildman–Crippen LogP) is 3.26. The fourth-order valence-corrected chi connectivity index (χ4v) is 3.75. The number of piperazine rings is 1. The van der Waals surface area contributed by atoms with Gasteiger partial charge in [-0.25, -0.2) is 0 Å². The summed E-state index contributed by atoms with van der Waals surface area (Å²) in [6.45, 7) is 6.75. The zero-order valence-electron chi connectivity index (χ0n) is 15.3. The van der Waals surface area contributed by atoms with Crippen LogP contribution in [0, 0.1) is 0 Å². The number of anilines is 2. The molecule has 0 unspecified atom stereocenters. The van der Waals surface area contributed by atoms with E-state index in [1.165, 1.54) is 0 Å². The SMILES string of the molecule is CC(C)Oc1cccc(-c2ccc3c(c2)N2CCNC[C@@H]2CC(=O)N3)c1. The lowest BCUT2D eigenvalue weighted by atomic mass is 10.0. The van der Waals surface area contributed by atoms with Gasteiger partial charge in [0.25, 0.3) is 0 Å². The minimum Gasteiger partial charge on any atom is -0.491 e. The molecule has 2 N–H and O–H groups in total. The van der Waals surface area contributed by atoms with Gasteiger partial charge >= 0.3 is 0 Å². The van der Waals surface area contributed by atoms with Gasteiger partial charge in [0, 0.05) is 26.1 Å². The minimum atomic E-state index is 0.0857. The molecule has 5 nitrogen and oxygen atoms in total. The summed E-state index contributed by atoms with van der Waals surface area (Å²) < 4.78 is 5.83. The van der Waals surface area contributed by atoms with Gasteiger partial charge in [0.15, 0.2) is 0 Å². The molecule has 0 radical (unpaired) electrons. The fourth-order valence-electron chi connectivity index (χ4n) is 3.75. The zero-order valence-corrected chi connectivity index (χ0v) is 15.3. The lowest BCUT2D eigenvalue weighted by molar-refractivity contribution is -0.116. The van der Waals surface area contributed by atoms with Gasteiger partial charge in [0.2, 0.25) is 5.91 Å². The Bertz CT molecular complexity index is 819. The minimum absolute atomic E-state index is 0.0857. The van der Waals surface area contributed by atoms with Crippen LogP contribution in [-0.4, -0.2) is 37.7 Å². The van der Waals surface area contributed by atoms with E-state index in [4.69, 9.17) is 4.74 Å². The van der Waals surface area contributed by atoms with E-state index in [0.29, 0.717) is 6.42 Å². The Kier molecular flexibility index (Phi) is 4.55. The molecule has 2 aliphatic rings. The van der Waals surface area contributed by atoms with E-state index in [1.807, 2.05) is 32.0 Å². The van der Waals surface area contributed by atoms with Crippen molar-refractivity contribution >= 4 is 17.3 Å². The summed E-state index contributed by atoms with van der Waals surface area (Å²) in [5, 5.41) is 6.46. The molecule has 4 rings (SSSR count). The first kappa shape index (κ1) is 16.9. The summed E-state index contributed by atoms with van der Waals surface area (Å²) in [5.74, 6) is 0.961. The molecule has 1 saturated heterocycles. The van der Waals surface area contributed by atoms with Crippen molar-refractivity contribution in [3.8, 4) is 16.9 Å². The second kappa shape index (κ2) is 7.00. The summed E-state index contributed by atoms with van der Waals surface area (Å²) in [6, 6.07) is 14.7. The van der Waals surface area contributed by atoms with Crippen LogP contribution in [0.25, 0.3) is 11.1 Å². The third kappa shape index (κ3) is 3.40. The molecule has 0 bridgehead atoms. The molecule has 0 saturated carbocycles. The monoisotopic (exact) mass is 351 g/mol. The van der Waals surface area contributed by atoms with Gasteiger partial charge < -0.3 is 20.3 Å². The lowest BCUT2D eigenvalue weighted by Gasteiger charge is -2.36. The van der Waals surface area contributed by atoms with Gasteiger partial charge in [-0.05, 0) is 49.2 Å². The van der Waals surface area contributed by atoms with Gasteiger partial charge in [-0.3, -0.25) is 4.79 Å². The van der Waals surface area contributed by atoms with Crippen LogP contribution in [-0.2, 0) is 4.79 Å². The number of ether oxygens (including phenoxy) is 1. The Morgan fingerprint density at radius 3 is 2.85 bits per heavy atom. The third-order valence-corrected chi connectivity index (χ3v) is 4.89. The van der Waals surface area contributed by atoms with Crippen LogP contribution in [0.1, 0.15) is 20.3 Å². The van der Waals surface area contributed by atoms with E-state index in [9.17, 15) is 4.79 Å². The van der Waals surface area contributed by atoms with E-state index >= 15 is 0 Å². The van der Waals surface area contributed by atoms with Gasteiger partial charge in [-0.15, -0.1) is 0 Å². The van der Waals surface area contributed by atoms with Crippen molar-refractivity contribution in [3.63, 3.8) is 0 Å². The molecule has 1 amide bonds. The molecule has 0 aliphatic carbocycles. The molecule has 5 heteroatoms. The van der Waals surface area contributed by atoms with E-state index in [2.05, 4.69) is 39.8 Å². The molecule has 136 valence electrons. The molecular weight excluding hydrogens is 326 g/mol. The first-order valence-corrected chi connectivity index (χ1v) is 9.28. The lowest BCUT2D eigenvalue weighted by Crippen LogP contribution is -2.51. The number of carbonyl (C=O) groups is 1. The molecule has 2 heterocycles. The summed E-state index contributed by atoms with van der Waals surface area (Å²) in [6.07, 6.45) is 0.670. The summed E-state index contributed by atoms with van der Waals surface area (Å²) in [7, 11) is 0. The van der Waals surface area contributed by atoms with Gasteiger partial charge in [-0.1, -0.05) is 18.2 Å². The van der Waals surface area contributed by atoms with E-state index in [1.54, 1.807) is 0 Å². The molecule has 1 fully saturated rings. The van der Waals surface area contributed by atoms with Crippen molar-refractivity contribution in [2.24, 2.45) is 0 Å². The highest BCUT2D eigenvalue weighted by molar-refractivity contribution is 5.97. The average molecular weight is 351 g/mol. The van der Waals surface area contributed by atoms with Crippen LogP contribution in [0.4, 0.5) is 11.4 Å². The number of carbonyl (C=O) groups excluding carboxylic acids is 1. The van der Waals surface area contributed by atoms with Crippen molar-refractivity contribution in [2.75, 3.05) is 29.9 Å². The number of nitrogens with one attached hydrogen (secondary N) is 2. The standard InChI is InChI=1S/C21H25N3O2/c1-14(2)26-18-5-3-4-15(10-18)16-6-7-19-20(11-16)24-9-8-22-13-17(24)12-21(25)23-19/h3-7,10-11,14,17,22H,8-9,12-13H2,1-2H3,(H,23,25)/t17-/m0/s1. The molecule has 26 heavy (non-hydrogen) atoms. The van der Waals surface area contributed by atoms with E-state index in [0.717, 1.165) is 47.9 Å². The van der Waals surface area contributed by atoms with Crippen molar-refractivity contribution in [1.29, 1.82) is 0 Å². The maximum atomic E-state index is 12.2. The van der Waals surface area contributed by atoms with Crippen molar-refractivity contribution in [1.82, 2.24) is 5.32 Å². The summed E-state index contributed by atoms with van der Waals surface area (Å²) >= 11 is 0. The highest BCUT2D eigenvalue weighted by atomic mass is 16.5. The number of nitrogens with zero attached hydrogens (tertiary/aromatic N) is 1. The highest BCUT2D eigenvalue weighted by Gasteiger charge is 2.30. The normalized spacial score (nSPS) is 19.4. The molecule has 0 spiro atoms. The number of fused-ring (bicyclic) bond motifs is 3. The Balaban J connectivity index is 1.72. The number of hydrogen-bond acceptors (Lipinski definition) is 4. The van der Waals surface area contributed by atoms with Crippen LogP contribution in [0.5, 0.6) is 5.75 Å². The van der Waals surface area contributed by atoms with Gasteiger partial charge in [-0.2, -0.15) is 0 Å². The Morgan fingerprint density at radius 2 is 2.00 bits per heavy atom. The van der Waals surface area contributed by atoms with Crippen LogP contribution in [0.2, 0.25) is 0 Å². The van der Waals surface area contributed by atoms with Gasteiger partial charge in [0.1, 0.15) is 5.75 Å². The maximum Gasteiger partial charge on any atom is 0.226 e. The molecule has 2 aliphatic heterocycles. The maximum absolute atomic E-state index is 12.2. The Morgan fingerprint density at radius 1 is 1.15 bits per heavy atom. The largest absolute Gasteiger partial charge is 0.491 e. The molecule has 1 atom stereocenters. The fraction of sp³-hybridized carbons (Fsp3) is 0.381. The third-order valence-electron chi connectivity index (χ3n) is 4.89. The van der Waals surface area contributed by atoms with Crippen LogP contribution in [0.3, 0.4) is 0 Å². The summed E-state index contributed by atoms with van der Waals surface area (Å²) in [4.78, 5) is 14.6. The summed E-state index contributed by atoms with van der Waals surface area (Å²) in [5.41, 5.74) is 4.26. The smallest absolute Gasteiger partial charge is 0.226 e. The Labute approximate surface area is 154 Å². The number of benzene rings is 2. The van der Waals surface area contributed by atoms with Crippen LogP contribution in [0.15, 0.2) is 42.5 Å². The molecular formula is C21H25N3O2. The Hall–Kier alpha value is -2.53. The first-order valence-electron chi connectivity index (χ1n) is 9.28. The number of amides is 1. The van der Waals surface area contributed by atoms with Gasteiger partial charge in [0.05, 0.1) is 23.5 Å². The van der Waals surface area contributed by atoms with Crippen LogP contribution >= 0.6 is 0 Å². The molecule has 2 aromatic rings. The second-order valence-corrected chi connectivity index (χ2v) is 7.23. The number of hydrogen-bond donors (Lipinski definition) is 2. The quantitative estimate of drug-likeness (QED) is 0.891. The topological polar surface area (TPSA) is 53.6 Å². The first-order chi connectivity index (χ1) is 12.6. The van der Waals surface area contributed by atoms with E-state index < -0.39 is 0 Å². The van der Waals surface area contributed by atoms with Crippen molar-refractivity contribution < 1.29 is 9.53 Å². The van der Waals surface area contributed by atoms with Crippen LogP contribution < -0.4 is 20.3 Å². The zero-order chi connectivity index (χ0) is 18.1. The molecule has 2 aromatic carbocycles.